The van der Waals surface area contributed by atoms with Crippen molar-refractivity contribution in [2.24, 2.45) is 0 Å². The minimum atomic E-state index is -0.570. The van der Waals surface area contributed by atoms with Crippen molar-refractivity contribution in [3.05, 3.63) is 69.2 Å². The topological polar surface area (TPSA) is 75.7 Å². The summed E-state index contributed by atoms with van der Waals surface area (Å²) in [5.74, 6) is -0.753. The minimum absolute atomic E-state index is 0.0365. The molecule has 1 unspecified atom stereocenters. The third-order valence-corrected chi connectivity index (χ3v) is 6.22. The van der Waals surface area contributed by atoms with E-state index in [-0.39, 0.29) is 24.3 Å². The number of benzene rings is 2. The number of likely N-dealkylation sites (tertiary alicyclic amines) is 1. The fourth-order valence-electron chi connectivity index (χ4n) is 3.89. The van der Waals surface area contributed by atoms with Gasteiger partial charge < -0.3 is 15.0 Å². The average Bonchev–Trinajstić information content (AvgIpc) is 3.20. The number of ether oxygens (including phenoxy) is 1. The minimum Gasteiger partial charge on any atom is -0.452 e. The lowest BCUT2D eigenvalue weighted by atomic mass is 9.94. The normalized spacial score (nSPS) is 14.3. The number of nitrogens with one attached hydrogen (secondary N) is 1. The Kier molecular flexibility index (Phi) is 9.15. The van der Waals surface area contributed by atoms with Gasteiger partial charge in [-0.15, -0.1) is 0 Å². The highest BCUT2D eigenvalue weighted by atomic mass is 35.5. The second-order valence-electron chi connectivity index (χ2n) is 8.15. The molecule has 1 aliphatic rings. The number of carbonyl (C=O) groups excluding carboxylic acids is 3. The molecule has 2 amide bonds. The summed E-state index contributed by atoms with van der Waals surface area (Å²) in [7, 11) is 0. The van der Waals surface area contributed by atoms with Crippen molar-refractivity contribution in [2.45, 2.75) is 45.1 Å². The summed E-state index contributed by atoms with van der Waals surface area (Å²) >= 11 is 12.3. The predicted octanol–water partition coefficient (Wildman–Crippen LogP) is 4.97. The van der Waals surface area contributed by atoms with Crippen LogP contribution in [0.25, 0.3) is 0 Å². The molecule has 3 rings (SSSR count). The molecular weight excluding hydrogens is 463 g/mol. The van der Waals surface area contributed by atoms with Crippen molar-refractivity contribution >= 4 is 41.0 Å². The van der Waals surface area contributed by atoms with Crippen molar-refractivity contribution in [1.82, 2.24) is 10.2 Å². The average molecular weight is 491 g/mol. The van der Waals surface area contributed by atoms with E-state index in [9.17, 15) is 14.4 Å². The summed E-state index contributed by atoms with van der Waals surface area (Å²) in [6, 6.07) is 12.2. The molecule has 0 spiro atoms. The van der Waals surface area contributed by atoms with Crippen LogP contribution in [0, 0.1) is 0 Å². The molecular formula is C25H28Cl2N2O4. The van der Waals surface area contributed by atoms with Gasteiger partial charge in [0.25, 0.3) is 5.91 Å². The smallest absolute Gasteiger partial charge is 0.338 e. The molecule has 0 saturated carbocycles. The van der Waals surface area contributed by atoms with Gasteiger partial charge in [-0.25, -0.2) is 4.79 Å². The molecule has 2 aromatic rings. The first kappa shape index (κ1) is 25.1. The number of halogens is 2. The monoisotopic (exact) mass is 490 g/mol. The molecule has 0 bridgehead atoms. The number of amides is 2. The van der Waals surface area contributed by atoms with E-state index >= 15 is 0 Å². The Morgan fingerprint density at radius 3 is 2.55 bits per heavy atom. The molecule has 1 aliphatic heterocycles. The SMILES string of the molecule is CCCC(CNC(=O)COC(=O)c1ccc(CN2CCCC2=O)cc1)c1ccc(Cl)cc1Cl. The lowest BCUT2D eigenvalue weighted by Gasteiger charge is -2.19. The molecule has 8 heteroatoms. The first-order valence-corrected chi connectivity index (χ1v) is 11.9. The number of esters is 1. The molecule has 6 nitrogen and oxygen atoms in total. The van der Waals surface area contributed by atoms with Crippen LogP contribution in [0.4, 0.5) is 0 Å². The van der Waals surface area contributed by atoms with Crippen LogP contribution >= 0.6 is 23.2 Å². The van der Waals surface area contributed by atoms with E-state index in [2.05, 4.69) is 12.2 Å². The van der Waals surface area contributed by atoms with Gasteiger partial charge in [0.05, 0.1) is 5.56 Å². The third-order valence-electron chi connectivity index (χ3n) is 5.65. The second kappa shape index (κ2) is 12.1. The summed E-state index contributed by atoms with van der Waals surface area (Å²) in [6.45, 7) is 3.38. The summed E-state index contributed by atoms with van der Waals surface area (Å²) in [5, 5.41) is 3.95. The molecule has 33 heavy (non-hydrogen) atoms. The molecule has 1 atom stereocenters. The van der Waals surface area contributed by atoms with Gasteiger partial charge in [0, 0.05) is 42.0 Å². The Hall–Kier alpha value is -2.57. The zero-order chi connectivity index (χ0) is 23.8. The van der Waals surface area contributed by atoms with Crippen LogP contribution in [0.2, 0.25) is 10.0 Å². The molecule has 1 heterocycles. The highest BCUT2D eigenvalue weighted by Crippen LogP contribution is 2.30. The van der Waals surface area contributed by atoms with E-state index in [0.717, 1.165) is 36.9 Å². The highest BCUT2D eigenvalue weighted by molar-refractivity contribution is 6.35. The Labute approximate surface area is 204 Å². The maximum absolute atomic E-state index is 12.3. The van der Waals surface area contributed by atoms with Crippen molar-refractivity contribution < 1.29 is 19.1 Å². The number of hydrogen-bond donors (Lipinski definition) is 1. The Morgan fingerprint density at radius 1 is 1.15 bits per heavy atom. The maximum atomic E-state index is 12.3. The molecule has 0 aliphatic carbocycles. The van der Waals surface area contributed by atoms with Crippen molar-refractivity contribution in [3.8, 4) is 0 Å². The fraction of sp³-hybridized carbons (Fsp3) is 0.400. The van der Waals surface area contributed by atoms with Gasteiger partial charge in [0.15, 0.2) is 6.61 Å². The van der Waals surface area contributed by atoms with Gasteiger partial charge in [-0.05, 0) is 48.2 Å². The predicted molar refractivity (Wildman–Crippen MR) is 128 cm³/mol. The molecule has 1 N–H and O–H groups in total. The third kappa shape index (κ3) is 7.21. The Morgan fingerprint density at radius 2 is 1.91 bits per heavy atom. The molecule has 2 aromatic carbocycles. The van der Waals surface area contributed by atoms with Gasteiger partial charge >= 0.3 is 5.97 Å². The summed E-state index contributed by atoms with van der Waals surface area (Å²) in [6.07, 6.45) is 3.25. The van der Waals surface area contributed by atoms with E-state index in [4.69, 9.17) is 27.9 Å². The van der Waals surface area contributed by atoms with Crippen molar-refractivity contribution in [1.29, 1.82) is 0 Å². The number of nitrogens with zero attached hydrogens (tertiary/aromatic N) is 1. The second-order valence-corrected chi connectivity index (χ2v) is 8.99. The van der Waals surface area contributed by atoms with Crippen LogP contribution in [-0.2, 0) is 20.9 Å². The van der Waals surface area contributed by atoms with Crippen LogP contribution < -0.4 is 5.32 Å². The van der Waals surface area contributed by atoms with E-state index in [0.29, 0.717) is 35.1 Å². The molecule has 0 aromatic heterocycles. The van der Waals surface area contributed by atoms with Crippen LogP contribution in [-0.4, -0.2) is 42.4 Å². The molecule has 176 valence electrons. The van der Waals surface area contributed by atoms with Gasteiger partial charge in [-0.3, -0.25) is 9.59 Å². The largest absolute Gasteiger partial charge is 0.452 e. The zero-order valence-corrected chi connectivity index (χ0v) is 20.1. The summed E-state index contributed by atoms with van der Waals surface area (Å²) in [5.41, 5.74) is 2.23. The number of carbonyl (C=O) groups is 3. The summed E-state index contributed by atoms with van der Waals surface area (Å²) < 4.78 is 5.16. The molecule has 1 saturated heterocycles. The lowest BCUT2D eigenvalue weighted by Crippen LogP contribution is -2.32. The van der Waals surface area contributed by atoms with Crippen LogP contribution in [0.1, 0.15) is 60.0 Å². The van der Waals surface area contributed by atoms with E-state index in [1.54, 1.807) is 41.3 Å². The van der Waals surface area contributed by atoms with Gasteiger partial charge in [-0.1, -0.05) is 54.7 Å². The van der Waals surface area contributed by atoms with E-state index in [1.807, 2.05) is 6.07 Å². The lowest BCUT2D eigenvalue weighted by molar-refractivity contribution is -0.128. The number of rotatable bonds is 10. The van der Waals surface area contributed by atoms with Gasteiger partial charge in [-0.2, -0.15) is 0 Å². The highest BCUT2D eigenvalue weighted by Gasteiger charge is 2.20. The Balaban J connectivity index is 1.47. The van der Waals surface area contributed by atoms with Gasteiger partial charge in [0.2, 0.25) is 5.91 Å². The van der Waals surface area contributed by atoms with E-state index < -0.39 is 5.97 Å². The quantitative estimate of drug-likeness (QED) is 0.476. The molecule has 1 fully saturated rings. The summed E-state index contributed by atoms with van der Waals surface area (Å²) in [4.78, 5) is 38.1. The van der Waals surface area contributed by atoms with E-state index in [1.165, 1.54) is 0 Å². The first-order valence-electron chi connectivity index (χ1n) is 11.1. The first-order chi connectivity index (χ1) is 15.9. The Bertz CT molecular complexity index is 994. The van der Waals surface area contributed by atoms with Crippen LogP contribution in [0.5, 0.6) is 0 Å². The van der Waals surface area contributed by atoms with Crippen LogP contribution in [0.3, 0.4) is 0 Å². The number of hydrogen-bond acceptors (Lipinski definition) is 4. The van der Waals surface area contributed by atoms with Crippen molar-refractivity contribution in [2.75, 3.05) is 19.7 Å². The standard InChI is InChI=1S/C25H28Cl2N2O4/c1-2-4-19(21-11-10-20(26)13-22(21)27)14-28-23(30)16-33-25(32)18-8-6-17(7-9-18)15-29-12-3-5-24(29)31/h6-11,13,19H,2-5,12,14-16H2,1H3,(H,28,30). The zero-order valence-electron chi connectivity index (χ0n) is 18.6. The molecule has 0 radical (unpaired) electrons. The fourth-order valence-corrected chi connectivity index (χ4v) is 4.45. The van der Waals surface area contributed by atoms with Gasteiger partial charge in [0.1, 0.15) is 0 Å². The van der Waals surface area contributed by atoms with Crippen LogP contribution in [0.15, 0.2) is 42.5 Å². The van der Waals surface area contributed by atoms with Crippen molar-refractivity contribution in [3.63, 3.8) is 0 Å². The maximum Gasteiger partial charge on any atom is 0.338 e.